The van der Waals surface area contributed by atoms with E-state index in [0.717, 1.165) is 71.4 Å². The molecule has 3 aliphatic heterocycles. The highest BCUT2D eigenvalue weighted by Crippen LogP contribution is 2.53. The van der Waals surface area contributed by atoms with Crippen molar-refractivity contribution in [3.63, 3.8) is 0 Å². The fourth-order valence-corrected chi connectivity index (χ4v) is 6.44. The molecule has 174 valence electrons. The lowest BCUT2D eigenvalue weighted by atomic mass is 9.73. The van der Waals surface area contributed by atoms with E-state index in [4.69, 9.17) is 4.74 Å². The predicted molar refractivity (Wildman–Crippen MR) is 124 cm³/mol. The van der Waals surface area contributed by atoms with Gasteiger partial charge in [0.25, 0.3) is 0 Å². The Morgan fingerprint density at radius 2 is 1.66 bits per heavy atom. The van der Waals surface area contributed by atoms with Gasteiger partial charge < -0.3 is 19.4 Å². The summed E-state index contributed by atoms with van der Waals surface area (Å²) in [6.45, 7) is 6.72. The standard InChI is InChI=1S/C26H37N3O3/c1-27-12-14-28(15-13-27)24(30)18-21-19-26(23-5-3-2-4-22(21)23)8-10-29(11-9-26)25(31)20-6-16-32-17-7-20/h2-5,20-21H,6-19H2,1H3. The monoisotopic (exact) mass is 439 g/mol. The van der Waals surface area contributed by atoms with E-state index < -0.39 is 0 Å². The third-order valence-electron chi connectivity index (χ3n) is 8.49. The molecule has 1 atom stereocenters. The number of benzene rings is 1. The fraction of sp³-hybridized carbons (Fsp3) is 0.692. The Kier molecular flexibility index (Phi) is 6.26. The Balaban J connectivity index is 1.25. The Morgan fingerprint density at radius 3 is 2.38 bits per heavy atom. The molecule has 6 nitrogen and oxygen atoms in total. The van der Waals surface area contributed by atoms with Gasteiger partial charge in [-0.2, -0.15) is 0 Å². The average molecular weight is 440 g/mol. The number of likely N-dealkylation sites (tertiary alicyclic amines) is 1. The summed E-state index contributed by atoms with van der Waals surface area (Å²) in [7, 11) is 2.12. The molecular weight excluding hydrogens is 402 g/mol. The topological polar surface area (TPSA) is 53.1 Å². The van der Waals surface area contributed by atoms with E-state index in [0.29, 0.717) is 37.4 Å². The first-order chi connectivity index (χ1) is 15.6. The van der Waals surface area contributed by atoms with Crippen molar-refractivity contribution in [2.75, 3.05) is 59.5 Å². The zero-order chi connectivity index (χ0) is 22.1. The third kappa shape index (κ3) is 4.19. The van der Waals surface area contributed by atoms with E-state index in [1.807, 2.05) is 0 Å². The summed E-state index contributed by atoms with van der Waals surface area (Å²) in [4.78, 5) is 32.6. The summed E-state index contributed by atoms with van der Waals surface area (Å²) < 4.78 is 5.44. The average Bonchev–Trinajstić information content (AvgIpc) is 3.13. The molecule has 0 bridgehead atoms. The van der Waals surface area contributed by atoms with Gasteiger partial charge in [-0.1, -0.05) is 24.3 Å². The number of hydrogen-bond acceptors (Lipinski definition) is 4. The molecule has 6 heteroatoms. The number of carbonyl (C=O) groups is 2. The van der Waals surface area contributed by atoms with Crippen LogP contribution in [0.5, 0.6) is 0 Å². The summed E-state index contributed by atoms with van der Waals surface area (Å²) in [5.41, 5.74) is 2.93. The number of piperazine rings is 1. The van der Waals surface area contributed by atoms with Crippen LogP contribution in [0.1, 0.15) is 55.6 Å². The second-order valence-electron chi connectivity index (χ2n) is 10.4. The molecule has 1 aromatic carbocycles. The fourth-order valence-electron chi connectivity index (χ4n) is 6.44. The second kappa shape index (κ2) is 9.14. The number of carbonyl (C=O) groups excluding carboxylic acids is 2. The van der Waals surface area contributed by atoms with Gasteiger partial charge in [-0.3, -0.25) is 9.59 Å². The van der Waals surface area contributed by atoms with Crippen molar-refractivity contribution in [2.45, 2.75) is 49.9 Å². The Hall–Kier alpha value is -1.92. The number of amides is 2. The van der Waals surface area contributed by atoms with Crippen molar-refractivity contribution in [1.29, 1.82) is 0 Å². The van der Waals surface area contributed by atoms with Crippen LogP contribution < -0.4 is 0 Å². The van der Waals surface area contributed by atoms with Crippen LogP contribution in [0, 0.1) is 5.92 Å². The first kappa shape index (κ1) is 21.9. The van der Waals surface area contributed by atoms with Gasteiger partial charge in [0.2, 0.25) is 11.8 Å². The second-order valence-corrected chi connectivity index (χ2v) is 10.4. The van der Waals surface area contributed by atoms with E-state index >= 15 is 0 Å². The van der Waals surface area contributed by atoms with Crippen LogP contribution in [0.15, 0.2) is 24.3 Å². The molecule has 3 saturated heterocycles. The zero-order valence-electron chi connectivity index (χ0n) is 19.4. The van der Waals surface area contributed by atoms with Crippen LogP contribution in [0.4, 0.5) is 0 Å². The molecule has 0 N–H and O–H groups in total. The lowest BCUT2D eigenvalue weighted by molar-refractivity contribution is -0.140. The molecule has 32 heavy (non-hydrogen) atoms. The van der Waals surface area contributed by atoms with Crippen LogP contribution in [0.2, 0.25) is 0 Å². The first-order valence-electron chi connectivity index (χ1n) is 12.5. The largest absolute Gasteiger partial charge is 0.381 e. The van der Waals surface area contributed by atoms with Gasteiger partial charge in [-0.15, -0.1) is 0 Å². The molecule has 3 fully saturated rings. The summed E-state index contributed by atoms with van der Waals surface area (Å²) in [6.07, 6.45) is 5.41. The molecule has 3 heterocycles. The maximum atomic E-state index is 13.1. The van der Waals surface area contributed by atoms with Gasteiger partial charge in [0.15, 0.2) is 0 Å². The number of fused-ring (bicyclic) bond motifs is 2. The molecule has 2 amide bonds. The molecule has 5 rings (SSSR count). The van der Waals surface area contributed by atoms with Gasteiger partial charge in [0, 0.05) is 64.8 Å². The van der Waals surface area contributed by atoms with Gasteiger partial charge in [-0.05, 0) is 61.6 Å². The molecule has 0 radical (unpaired) electrons. The van der Waals surface area contributed by atoms with Gasteiger partial charge in [0.05, 0.1) is 0 Å². The quantitative estimate of drug-likeness (QED) is 0.727. The molecule has 1 aliphatic carbocycles. The van der Waals surface area contributed by atoms with Gasteiger partial charge in [-0.25, -0.2) is 0 Å². The van der Waals surface area contributed by atoms with Crippen LogP contribution >= 0.6 is 0 Å². The zero-order valence-corrected chi connectivity index (χ0v) is 19.4. The van der Waals surface area contributed by atoms with E-state index in [1.54, 1.807) is 0 Å². The minimum absolute atomic E-state index is 0.121. The molecule has 1 unspecified atom stereocenters. The van der Waals surface area contributed by atoms with Crippen molar-refractivity contribution >= 4 is 11.8 Å². The summed E-state index contributed by atoms with van der Waals surface area (Å²) >= 11 is 0. The van der Waals surface area contributed by atoms with Crippen LogP contribution in [0.25, 0.3) is 0 Å². The lowest BCUT2D eigenvalue weighted by Crippen LogP contribution is -2.48. The van der Waals surface area contributed by atoms with Crippen molar-refractivity contribution in [3.05, 3.63) is 35.4 Å². The minimum Gasteiger partial charge on any atom is -0.381 e. The third-order valence-corrected chi connectivity index (χ3v) is 8.49. The first-order valence-corrected chi connectivity index (χ1v) is 12.5. The molecule has 1 aromatic rings. The summed E-state index contributed by atoms with van der Waals surface area (Å²) in [5.74, 6) is 1.08. The molecule has 4 aliphatic rings. The maximum Gasteiger partial charge on any atom is 0.225 e. The van der Waals surface area contributed by atoms with Crippen LogP contribution in [-0.4, -0.2) is 86.0 Å². The number of piperidine rings is 1. The van der Waals surface area contributed by atoms with E-state index in [1.165, 1.54) is 11.1 Å². The number of hydrogen-bond donors (Lipinski definition) is 0. The Bertz CT molecular complexity index is 834. The maximum absolute atomic E-state index is 13.1. The summed E-state index contributed by atoms with van der Waals surface area (Å²) in [6, 6.07) is 8.79. The number of likely N-dealkylation sites (N-methyl/N-ethyl adjacent to an activating group) is 1. The number of rotatable bonds is 3. The summed E-state index contributed by atoms with van der Waals surface area (Å²) in [5, 5.41) is 0. The minimum atomic E-state index is 0.121. The van der Waals surface area contributed by atoms with Crippen molar-refractivity contribution in [1.82, 2.24) is 14.7 Å². The molecule has 0 aromatic heterocycles. The Morgan fingerprint density at radius 1 is 0.969 bits per heavy atom. The van der Waals surface area contributed by atoms with E-state index in [-0.39, 0.29) is 11.3 Å². The Labute approximate surface area is 191 Å². The van der Waals surface area contributed by atoms with Crippen molar-refractivity contribution < 1.29 is 14.3 Å². The van der Waals surface area contributed by atoms with Crippen molar-refractivity contribution in [3.8, 4) is 0 Å². The predicted octanol–water partition coefficient (Wildman–Crippen LogP) is 2.62. The highest BCUT2D eigenvalue weighted by molar-refractivity contribution is 5.79. The van der Waals surface area contributed by atoms with E-state index in [9.17, 15) is 9.59 Å². The smallest absolute Gasteiger partial charge is 0.225 e. The van der Waals surface area contributed by atoms with Gasteiger partial charge >= 0.3 is 0 Å². The van der Waals surface area contributed by atoms with Crippen molar-refractivity contribution in [2.24, 2.45) is 5.92 Å². The highest BCUT2D eigenvalue weighted by Gasteiger charge is 2.46. The molecule has 0 saturated carbocycles. The molecule has 1 spiro atoms. The van der Waals surface area contributed by atoms with Crippen LogP contribution in [0.3, 0.4) is 0 Å². The highest BCUT2D eigenvalue weighted by atomic mass is 16.5. The SMILES string of the molecule is CN1CCN(C(=O)CC2CC3(CCN(C(=O)C4CCOCC4)CC3)c3ccccc32)CC1. The van der Waals surface area contributed by atoms with Gasteiger partial charge in [0.1, 0.15) is 0 Å². The normalized spacial score (nSPS) is 26.3. The van der Waals surface area contributed by atoms with E-state index in [2.05, 4.69) is 46.0 Å². The number of ether oxygens (including phenoxy) is 1. The number of nitrogens with zero attached hydrogens (tertiary/aromatic N) is 3. The lowest BCUT2D eigenvalue weighted by Gasteiger charge is -2.42. The molecular formula is C26H37N3O3. The van der Waals surface area contributed by atoms with Crippen LogP contribution in [-0.2, 0) is 19.7 Å².